The molecule has 4 atom stereocenters. The van der Waals surface area contributed by atoms with E-state index in [1.165, 1.54) is 24.2 Å². The minimum Gasteiger partial charge on any atom is -0.507 e. The van der Waals surface area contributed by atoms with Crippen LogP contribution in [-0.4, -0.2) is 40.5 Å². The molecule has 0 radical (unpaired) electrons. The zero-order chi connectivity index (χ0) is 26.7. The van der Waals surface area contributed by atoms with Crippen LogP contribution in [-0.2, 0) is 25.7 Å². The highest BCUT2D eigenvalue weighted by Crippen LogP contribution is 2.57. The minimum atomic E-state index is -0.757. The van der Waals surface area contributed by atoms with Gasteiger partial charge in [0.05, 0.1) is 25.5 Å². The summed E-state index contributed by atoms with van der Waals surface area (Å²) in [4.78, 5) is 55.4. The van der Waals surface area contributed by atoms with E-state index in [4.69, 9.17) is 4.74 Å². The van der Waals surface area contributed by atoms with Crippen molar-refractivity contribution in [3.05, 3.63) is 94.1 Å². The lowest BCUT2D eigenvalue weighted by molar-refractivity contribution is -0.140. The molecule has 1 heterocycles. The highest BCUT2D eigenvalue weighted by molar-refractivity contribution is 6.24. The van der Waals surface area contributed by atoms with Gasteiger partial charge in [0, 0.05) is 28.2 Å². The first kappa shape index (κ1) is 24.1. The van der Waals surface area contributed by atoms with Crippen molar-refractivity contribution in [1.29, 1.82) is 0 Å². The van der Waals surface area contributed by atoms with Gasteiger partial charge < -0.3 is 9.84 Å². The van der Waals surface area contributed by atoms with E-state index in [9.17, 15) is 24.3 Å². The molecule has 1 saturated heterocycles. The number of allylic oxidation sites excluding steroid dienone is 6. The molecule has 7 nitrogen and oxygen atoms in total. The molecule has 3 aliphatic carbocycles. The zero-order valence-electron chi connectivity index (χ0n) is 21.1. The Labute approximate surface area is 220 Å². The third kappa shape index (κ3) is 3.49. The average Bonchev–Trinajstić information content (AvgIpc) is 3.16. The molecule has 2 aromatic carbocycles. The second kappa shape index (κ2) is 8.94. The van der Waals surface area contributed by atoms with E-state index < -0.39 is 23.7 Å². The van der Waals surface area contributed by atoms with Gasteiger partial charge >= 0.3 is 0 Å². The van der Waals surface area contributed by atoms with Crippen molar-refractivity contribution in [3.63, 3.8) is 0 Å². The Bertz CT molecular complexity index is 1500. The number of fused-ring (bicyclic) bond motifs is 3. The summed E-state index contributed by atoms with van der Waals surface area (Å²) in [6.45, 7) is 1.80. The van der Waals surface area contributed by atoms with Gasteiger partial charge in [-0.3, -0.25) is 24.1 Å². The van der Waals surface area contributed by atoms with Gasteiger partial charge in [0.2, 0.25) is 11.8 Å². The number of rotatable bonds is 4. The number of aromatic hydroxyl groups is 1. The van der Waals surface area contributed by atoms with Crippen LogP contribution < -0.4 is 4.74 Å². The number of amides is 2. The summed E-state index contributed by atoms with van der Waals surface area (Å²) < 4.78 is 5.59. The molecule has 2 aromatic rings. The van der Waals surface area contributed by atoms with Crippen molar-refractivity contribution in [1.82, 2.24) is 4.90 Å². The molecule has 6 rings (SSSR count). The SMILES string of the molecule is COc1cccc(O)c1C1C2=CCC3C(=O)N(Cc4ccccc4)C(=O)C3C2CC2=C1C(=O)C(C)=CC2=O. The van der Waals surface area contributed by atoms with E-state index in [1.807, 2.05) is 36.4 Å². The Morgan fingerprint density at radius 1 is 0.974 bits per heavy atom. The Balaban J connectivity index is 1.48. The van der Waals surface area contributed by atoms with Crippen LogP contribution in [0.1, 0.15) is 36.8 Å². The first-order chi connectivity index (χ1) is 18.3. The smallest absolute Gasteiger partial charge is 0.234 e. The van der Waals surface area contributed by atoms with E-state index in [0.29, 0.717) is 34.5 Å². The summed E-state index contributed by atoms with van der Waals surface area (Å²) >= 11 is 0. The molecule has 4 aliphatic rings. The standard InChI is InChI=1S/C31H27NO6/c1-16-13-23(34)21-14-20-18(26(27(21)29(16)35)28-22(33)9-6-10-24(28)38-2)11-12-19-25(20)31(37)32(30(19)36)15-17-7-4-3-5-8-17/h3-11,13,19-20,25-26,33H,12,14-15H2,1-2H3. The van der Waals surface area contributed by atoms with E-state index in [-0.39, 0.29) is 42.1 Å². The number of carbonyl (C=O) groups excluding carboxylic acids is 4. The minimum absolute atomic E-state index is 0.0585. The second-order valence-electron chi connectivity index (χ2n) is 10.4. The van der Waals surface area contributed by atoms with Gasteiger partial charge in [0.1, 0.15) is 11.5 Å². The molecule has 0 bridgehead atoms. The maximum Gasteiger partial charge on any atom is 0.234 e. The van der Waals surface area contributed by atoms with Gasteiger partial charge in [0.15, 0.2) is 11.6 Å². The van der Waals surface area contributed by atoms with Crippen molar-refractivity contribution in [2.75, 3.05) is 7.11 Å². The van der Waals surface area contributed by atoms with Crippen LogP contribution in [0.3, 0.4) is 0 Å². The van der Waals surface area contributed by atoms with Crippen molar-refractivity contribution >= 4 is 23.4 Å². The Morgan fingerprint density at radius 3 is 2.47 bits per heavy atom. The number of phenolic OH excluding ortho intramolecular Hbond substituents is 1. The summed E-state index contributed by atoms with van der Waals surface area (Å²) in [5.41, 5.74) is 3.05. The number of phenols is 1. The van der Waals surface area contributed by atoms with Gasteiger partial charge in [-0.1, -0.05) is 48.0 Å². The third-order valence-corrected chi connectivity index (χ3v) is 8.39. The van der Waals surface area contributed by atoms with E-state index in [0.717, 1.165) is 11.1 Å². The summed E-state index contributed by atoms with van der Waals surface area (Å²) in [5, 5.41) is 11.0. The number of likely N-dealkylation sites (tertiary alicyclic amines) is 1. The predicted octanol–water partition coefficient (Wildman–Crippen LogP) is 4.03. The number of carbonyl (C=O) groups is 4. The lowest BCUT2D eigenvalue weighted by Crippen LogP contribution is -2.39. The van der Waals surface area contributed by atoms with Crippen molar-refractivity contribution in [2.45, 2.75) is 32.2 Å². The molecule has 1 fully saturated rings. The number of hydrogen-bond acceptors (Lipinski definition) is 6. The number of Topliss-reactive ketones (excluding diaryl/α,β-unsaturated/α-hetero) is 1. The number of ether oxygens (including phenoxy) is 1. The summed E-state index contributed by atoms with van der Waals surface area (Å²) in [7, 11) is 1.48. The fourth-order valence-electron chi connectivity index (χ4n) is 6.68. The van der Waals surface area contributed by atoms with E-state index in [1.54, 1.807) is 19.1 Å². The van der Waals surface area contributed by atoms with Crippen LogP contribution in [0, 0.1) is 17.8 Å². The summed E-state index contributed by atoms with van der Waals surface area (Å²) in [5.74, 6) is -3.05. The summed E-state index contributed by atoms with van der Waals surface area (Å²) in [6, 6.07) is 14.3. The van der Waals surface area contributed by atoms with Crippen molar-refractivity contribution < 1.29 is 29.0 Å². The number of methoxy groups -OCH3 is 1. The third-order valence-electron chi connectivity index (χ3n) is 8.39. The highest BCUT2D eigenvalue weighted by Gasteiger charge is 2.56. The monoisotopic (exact) mass is 509 g/mol. The molecule has 2 amide bonds. The molecule has 0 saturated carbocycles. The molecule has 192 valence electrons. The highest BCUT2D eigenvalue weighted by atomic mass is 16.5. The van der Waals surface area contributed by atoms with Crippen LogP contribution in [0.25, 0.3) is 0 Å². The van der Waals surface area contributed by atoms with E-state index >= 15 is 0 Å². The molecule has 4 unspecified atom stereocenters. The Kier molecular flexibility index (Phi) is 5.67. The Hall–Kier alpha value is -4.26. The molecule has 38 heavy (non-hydrogen) atoms. The normalized spacial score (nSPS) is 26.5. The number of hydrogen-bond donors (Lipinski definition) is 1. The van der Waals surface area contributed by atoms with Crippen molar-refractivity contribution in [3.8, 4) is 11.5 Å². The molecule has 1 aliphatic heterocycles. The number of ketones is 2. The molecular weight excluding hydrogens is 482 g/mol. The Morgan fingerprint density at radius 2 is 1.74 bits per heavy atom. The topological polar surface area (TPSA) is 101 Å². The molecule has 7 heteroatoms. The predicted molar refractivity (Wildman–Crippen MR) is 138 cm³/mol. The van der Waals surface area contributed by atoms with Gasteiger partial charge in [0.25, 0.3) is 0 Å². The van der Waals surface area contributed by atoms with Gasteiger partial charge in [-0.2, -0.15) is 0 Å². The number of benzene rings is 2. The van der Waals surface area contributed by atoms with Gasteiger partial charge in [-0.25, -0.2) is 0 Å². The van der Waals surface area contributed by atoms with Crippen LogP contribution in [0.5, 0.6) is 11.5 Å². The molecular formula is C31H27NO6. The van der Waals surface area contributed by atoms with Crippen LogP contribution in [0.15, 0.2) is 83.0 Å². The van der Waals surface area contributed by atoms with Gasteiger partial charge in [-0.05, 0) is 49.5 Å². The largest absolute Gasteiger partial charge is 0.507 e. The zero-order valence-corrected chi connectivity index (χ0v) is 21.1. The van der Waals surface area contributed by atoms with Crippen LogP contribution >= 0.6 is 0 Å². The van der Waals surface area contributed by atoms with Gasteiger partial charge in [-0.15, -0.1) is 0 Å². The van der Waals surface area contributed by atoms with E-state index in [2.05, 4.69) is 0 Å². The molecule has 0 spiro atoms. The maximum atomic E-state index is 13.8. The molecule has 0 aromatic heterocycles. The first-order valence-corrected chi connectivity index (χ1v) is 12.8. The van der Waals surface area contributed by atoms with Crippen molar-refractivity contribution in [2.24, 2.45) is 17.8 Å². The van der Waals surface area contributed by atoms with Crippen LogP contribution in [0.2, 0.25) is 0 Å². The number of nitrogens with zero attached hydrogens (tertiary/aromatic N) is 1. The van der Waals surface area contributed by atoms with Crippen LogP contribution in [0.4, 0.5) is 0 Å². The number of imide groups is 1. The lowest BCUT2D eigenvalue weighted by atomic mass is 9.59. The average molecular weight is 510 g/mol. The maximum absolute atomic E-state index is 13.8. The second-order valence-corrected chi connectivity index (χ2v) is 10.4. The summed E-state index contributed by atoms with van der Waals surface area (Å²) in [6.07, 6.45) is 3.83. The lowest BCUT2D eigenvalue weighted by Gasteiger charge is -2.42. The molecule has 1 N–H and O–H groups in total. The fraction of sp³-hybridized carbons (Fsp3) is 0.290. The fourth-order valence-corrected chi connectivity index (χ4v) is 6.68. The first-order valence-electron chi connectivity index (χ1n) is 12.8. The quantitative estimate of drug-likeness (QED) is 0.380.